The van der Waals surface area contributed by atoms with Crippen molar-refractivity contribution in [1.29, 1.82) is 0 Å². The third-order valence-corrected chi connectivity index (χ3v) is 11.8. The standard InChI is InChI=1S/C35H66O6.C11H24O.C5H12N2.C3H8O.CH2O2.Y/c1-3-5-7-9-13-19-25-33(26-20-14-10-8-6-4-2)41-35(39)28-22-16-15-21-27-34(38)40-31-32(30-37)24-18-12-11-17-23-29-36;1-3-4-5-6-7-8-9-10-11-12-2;1-7-4-2-6-3-5-7;1-2-3-4;2-1-3;/h29,32-33,37H,3-28,30-31H2,1-2H3;3-11H2,1-2H3;6H,2-5H2,1H3;4H,2-3H2,1H3;1H,(H,2,3);. The molecule has 0 aromatic carbocycles. The second-order valence-corrected chi connectivity index (χ2v) is 18.4. The molecule has 1 aliphatic heterocycles. The van der Waals surface area contributed by atoms with Crippen molar-refractivity contribution >= 4 is 24.7 Å². The van der Waals surface area contributed by atoms with Crippen molar-refractivity contribution in [3.63, 3.8) is 0 Å². The second-order valence-electron chi connectivity index (χ2n) is 18.4. The molecule has 1 unspecified atom stereocenters. The molecule has 1 atom stereocenters. The first-order valence-electron chi connectivity index (χ1n) is 27.7. The van der Waals surface area contributed by atoms with Crippen LogP contribution in [0.25, 0.3) is 0 Å². The number of hydrogen-bond acceptors (Lipinski definition) is 11. The number of unbranched alkanes of at least 4 members (excludes halogenated alkanes) is 24. The van der Waals surface area contributed by atoms with Crippen molar-refractivity contribution in [2.75, 3.05) is 66.8 Å². The number of aliphatic hydroxyl groups excluding tert-OH is 2. The number of likely N-dealkylation sites (N-methyl/N-ethyl adjacent to an activating group) is 1. The van der Waals surface area contributed by atoms with E-state index < -0.39 is 0 Å². The number of nitrogens with zero attached hydrogens (tertiary/aromatic N) is 1. The van der Waals surface area contributed by atoms with E-state index in [1.54, 1.807) is 7.11 Å². The van der Waals surface area contributed by atoms with Gasteiger partial charge in [0.1, 0.15) is 12.4 Å². The Hall–Kier alpha value is -1.02. The van der Waals surface area contributed by atoms with Crippen LogP contribution in [-0.4, -0.2) is 118 Å². The minimum absolute atomic E-state index is 0. The van der Waals surface area contributed by atoms with Gasteiger partial charge >= 0.3 is 11.9 Å². The van der Waals surface area contributed by atoms with Gasteiger partial charge in [0.2, 0.25) is 0 Å². The molecule has 13 heteroatoms. The topological polar surface area (TPSA) is 172 Å². The van der Waals surface area contributed by atoms with E-state index in [9.17, 15) is 19.5 Å². The van der Waals surface area contributed by atoms with E-state index in [0.717, 1.165) is 116 Å². The SMILES string of the molecule is CCCCCCCCC(CCCCCCCC)OC(=O)CCCCCCC(=O)OCC(CO)CCCCCCC=O.CCCCCCCCCCOC.CCCO.CN1CCNCC1.O=CO.[Y]. The summed E-state index contributed by atoms with van der Waals surface area (Å²) in [5, 5.41) is 27.6. The number of carboxylic acid groups (broad SMARTS) is 1. The van der Waals surface area contributed by atoms with Crippen LogP contribution >= 0.6 is 0 Å². The van der Waals surface area contributed by atoms with E-state index in [0.29, 0.717) is 25.9 Å². The summed E-state index contributed by atoms with van der Waals surface area (Å²) in [7, 11) is 3.93. The Morgan fingerprint density at radius 3 is 1.38 bits per heavy atom. The summed E-state index contributed by atoms with van der Waals surface area (Å²) in [6.45, 7) is 14.7. The summed E-state index contributed by atoms with van der Waals surface area (Å²) in [4.78, 5) is 45.6. The molecule has 1 heterocycles. The van der Waals surface area contributed by atoms with Crippen LogP contribution in [0.3, 0.4) is 0 Å². The van der Waals surface area contributed by atoms with Crippen molar-refractivity contribution in [3.05, 3.63) is 0 Å². The molecule has 1 fully saturated rings. The summed E-state index contributed by atoms with van der Waals surface area (Å²) in [5.74, 6) is -0.284. The van der Waals surface area contributed by atoms with Crippen molar-refractivity contribution in [1.82, 2.24) is 10.2 Å². The molecule has 0 aromatic heterocycles. The van der Waals surface area contributed by atoms with Gasteiger partial charge in [0.15, 0.2) is 0 Å². The second kappa shape index (κ2) is 70.2. The molecule has 0 saturated carbocycles. The van der Waals surface area contributed by atoms with Crippen LogP contribution in [0, 0.1) is 5.92 Å². The molecular formula is C55H112N2O10Y. The Labute approximate surface area is 445 Å². The zero-order valence-corrected chi connectivity index (χ0v) is 48.3. The summed E-state index contributed by atoms with van der Waals surface area (Å²) in [6, 6.07) is 0. The van der Waals surface area contributed by atoms with Crippen molar-refractivity contribution in [3.8, 4) is 0 Å². The smallest absolute Gasteiger partial charge is 0.306 e. The quantitative estimate of drug-likeness (QED) is 0.0259. The van der Waals surface area contributed by atoms with Crippen LogP contribution in [0.4, 0.5) is 0 Å². The number of carbonyl (C=O) groups is 4. The van der Waals surface area contributed by atoms with E-state index in [1.165, 1.54) is 129 Å². The number of nitrogens with one attached hydrogen (secondary N) is 1. The molecule has 12 nitrogen and oxygen atoms in total. The van der Waals surface area contributed by atoms with Gasteiger partial charge in [-0.2, -0.15) is 0 Å². The molecule has 1 radical (unpaired) electrons. The molecule has 0 spiro atoms. The van der Waals surface area contributed by atoms with Gasteiger partial charge in [0.25, 0.3) is 6.47 Å². The van der Waals surface area contributed by atoms with Gasteiger partial charge in [0, 0.05) is 111 Å². The molecule has 0 aromatic rings. The summed E-state index contributed by atoms with van der Waals surface area (Å²) in [5.41, 5.74) is 0. The molecule has 4 N–H and O–H groups in total. The number of rotatable bonds is 42. The monoisotopic (exact) mass is 1050 g/mol. The van der Waals surface area contributed by atoms with Crippen LogP contribution in [0.2, 0.25) is 0 Å². The van der Waals surface area contributed by atoms with Crippen molar-refractivity contribution in [2.45, 2.75) is 259 Å². The summed E-state index contributed by atoms with van der Waals surface area (Å²) < 4.78 is 16.3. The van der Waals surface area contributed by atoms with Gasteiger partial charge in [-0.3, -0.25) is 14.4 Å². The number of hydrogen-bond donors (Lipinski definition) is 4. The minimum atomic E-state index is -0.250. The number of piperazine rings is 1. The number of aldehydes is 1. The van der Waals surface area contributed by atoms with E-state index in [2.05, 4.69) is 38.0 Å². The molecule has 405 valence electrons. The maximum atomic E-state index is 12.5. The van der Waals surface area contributed by atoms with Gasteiger partial charge in [-0.25, -0.2) is 0 Å². The largest absolute Gasteiger partial charge is 0.483 e. The third-order valence-electron chi connectivity index (χ3n) is 11.8. The zero-order valence-electron chi connectivity index (χ0n) is 45.4. The van der Waals surface area contributed by atoms with E-state index in [-0.39, 0.29) is 76.4 Å². The molecule has 1 aliphatic rings. The Morgan fingerprint density at radius 1 is 0.588 bits per heavy atom. The fourth-order valence-electron chi connectivity index (χ4n) is 7.39. The van der Waals surface area contributed by atoms with Gasteiger partial charge in [-0.05, 0) is 71.3 Å². The third kappa shape index (κ3) is 71.5. The van der Waals surface area contributed by atoms with Gasteiger partial charge < -0.3 is 44.5 Å². The first kappa shape index (κ1) is 75.9. The van der Waals surface area contributed by atoms with Crippen molar-refractivity contribution < 1.29 is 81.4 Å². The van der Waals surface area contributed by atoms with Crippen LogP contribution in [0.15, 0.2) is 0 Å². The normalized spacial score (nSPS) is 12.3. The Morgan fingerprint density at radius 2 is 0.985 bits per heavy atom. The van der Waals surface area contributed by atoms with Gasteiger partial charge in [-0.1, -0.05) is 169 Å². The van der Waals surface area contributed by atoms with Crippen LogP contribution in [-0.2, 0) is 66.1 Å². The summed E-state index contributed by atoms with van der Waals surface area (Å²) in [6.07, 6.45) is 39.6. The Kier molecular flexibility index (Phi) is 78.4. The Bertz CT molecular complexity index is 934. The average Bonchev–Trinajstić information content (AvgIpc) is 3.33. The van der Waals surface area contributed by atoms with Gasteiger partial charge in [-0.15, -0.1) is 0 Å². The van der Waals surface area contributed by atoms with Crippen molar-refractivity contribution in [2.24, 2.45) is 5.92 Å². The fourth-order valence-corrected chi connectivity index (χ4v) is 7.39. The Balaban J connectivity index is -0.000000393. The van der Waals surface area contributed by atoms with E-state index in [4.69, 9.17) is 29.2 Å². The summed E-state index contributed by atoms with van der Waals surface area (Å²) >= 11 is 0. The fraction of sp³-hybridized carbons (Fsp3) is 0.927. The molecule has 0 amide bonds. The first-order chi connectivity index (χ1) is 32.7. The number of methoxy groups -OCH3 is 1. The van der Waals surface area contributed by atoms with Gasteiger partial charge in [0.05, 0.1) is 6.61 Å². The maximum Gasteiger partial charge on any atom is 0.306 e. The predicted octanol–water partition coefficient (Wildman–Crippen LogP) is 12.8. The van der Waals surface area contributed by atoms with Crippen LogP contribution in [0.5, 0.6) is 0 Å². The van der Waals surface area contributed by atoms with E-state index in [1.807, 2.05) is 6.92 Å². The molecular weight excluding hydrogens is 938 g/mol. The minimum Gasteiger partial charge on any atom is -0.483 e. The molecule has 1 rings (SSSR count). The number of esters is 2. The predicted molar refractivity (Wildman–Crippen MR) is 280 cm³/mol. The zero-order chi connectivity index (χ0) is 50.5. The number of ether oxygens (including phenoxy) is 3. The molecule has 0 aliphatic carbocycles. The van der Waals surface area contributed by atoms with Crippen LogP contribution in [0.1, 0.15) is 252 Å². The first-order valence-corrected chi connectivity index (χ1v) is 27.7. The van der Waals surface area contributed by atoms with Crippen LogP contribution < -0.4 is 5.32 Å². The maximum absolute atomic E-state index is 12.5. The number of carbonyl (C=O) groups excluding carboxylic acids is 3. The molecule has 68 heavy (non-hydrogen) atoms. The molecule has 0 bridgehead atoms. The average molecular weight is 1050 g/mol. The molecule has 1 saturated heterocycles. The van der Waals surface area contributed by atoms with E-state index >= 15 is 0 Å². The number of aliphatic hydroxyl groups is 2.